The fourth-order valence-corrected chi connectivity index (χ4v) is 2.18. The largest absolute Gasteiger partial charge is 0.483 e. The highest BCUT2D eigenvalue weighted by molar-refractivity contribution is 5.94. The molecule has 0 fully saturated rings. The molecule has 1 N–H and O–H groups in total. The molecule has 0 saturated carbocycles. The zero-order valence-electron chi connectivity index (χ0n) is 12.3. The molecule has 21 heavy (non-hydrogen) atoms. The summed E-state index contributed by atoms with van der Waals surface area (Å²) in [7, 11) is 1.60. The van der Waals surface area contributed by atoms with Crippen LogP contribution in [0.25, 0.3) is 0 Å². The van der Waals surface area contributed by atoms with E-state index in [9.17, 15) is 9.59 Å². The van der Waals surface area contributed by atoms with Gasteiger partial charge in [0.2, 0.25) is 0 Å². The zero-order chi connectivity index (χ0) is 15.2. The SMILES string of the molecule is CCNC(=O)c1ccc2c(c1)CN(CCOC)C(=O)CO2. The molecule has 114 valence electrons. The summed E-state index contributed by atoms with van der Waals surface area (Å²) in [6, 6.07) is 5.23. The number of fused-ring (bicyclic) bond motifs is 1. The summed E-state index contributed by atoms with van der Waals surface area (Å²) < 4.78 is 10.5. The van der Waals surface area contributed by atoms with Crippen molar-refractivity contribution in [2.45, 2.75) is 13.5 Å². The molecule has 1 heterocycles. The van der Waals surface area contributed by atoms with Crippen molar-refractivity contribution in [2.24, 2.45) is 0 Å². The molecule has 1 aromatic rings. The third kappa shape index (κ3) is 3.72. The van der Waals surface area contributed by atoms with Gasteiger partial charge in [-0.05, 0) is 25.1 Å². The lowest BCUT2D eigenvalue weighted by molar-refractivity contribution is -0.133. The number of carbonyl (C=O) groups is 2. The number of rotatable bonds is 5. The number of carbonyl (C=O) groups excluding carboxylic acids is 2. The van der Waals surface area contributed by atoms with Gasteiger partial charge < -0.3 is 19.7 Å². The predicted octanol–water partition coefficient (Wildman–Crippen LogP) is 0.804. The van der Waals surface area contributed by atoms with Crippen molar-refractivity contribution in [1.82, 2.24) is 10.2 Å². The van der Waals surface area contributed by atoms with Gasteiger partial charge in [0, 0.05) is 37.9 Å². The first-order valence-corrected chi connectivity index (χ1v) is 6.96. The average molecular weight is 292 g/mol. The minimum absolute atomic E-state index is 0.0111. The van der Waals surface area contributed by atoms with Crippen molar-refractivity contribution in [1.29, 1.82) is 0 Å². The summed E-state index contributed by atoms with van der Waals surface area (Å²) in [6.45, 7) is 3.85. The van der Waals surface area contributed by atoms with Gasteiger partial charge in [-0.3, -0.25) is 9.59 Å². The number of benzene rings is 1. The van der Waals surface area contributed by atoms with Crippen LogP contribution < -0.4 is 10.1 Å². The van der Waals surface area contributed by atoms with E-state index in [0.29, 0.717) is 37.6 Å². The van der Waals surface area contributed by atoms with E-state index in [1.54, 1.807) is 30.2 Å². The van der Waals surface area contributed by atoms with Crippen molar-refractivity contribution in [3.8, 4) is 5.75 Å². The van der Waals surface area contributed by atoms with E-state index < -0.39 is 0 Å². The molecule has 6 heteroatoms. The standard InChI is InChI=1S/C15H20N2O4/c1-3-16-15(19)11-4-5-13-12(8-11)9-17(6-7-20-2)14(18)10-21-13/h4-5,8H,3,6-7,9-10H2,1-2H3,(H,16,19). The molecule has 0 saturated heterocycles. The molecule has 1 aliphatic rings. The van der Waals surface area contributed by atoms with Gasteiger partial charge in [-0.15, -0.1) is 0 Å². The minimum atomic E-state index is -0.126. The van der Waals surface area contributed by atoms with Gasteiger partial charge in [-0.1, -0.05) is 0 Å². The molecule has 1 aromatic carbocycles. The summed E-state index contributed by atoms with van der Waals surface area (Å²) in [4.78, 5) is 25.5. The Morgan fingerprint density at radius 2 is 2.29 bits per heavy atom. The van der Waals surface area contributed by atoms with Gasteiger partial charge in [0.25, 0.3) is 11.8 Å². The summed E-state index contributed by atoms with van der Waals surface area (Å²) in [5, 5.41) is 2.76. The van der Waals surface area contributed by atoms with Gasteiger partial charge in [0.1, 0.15) is 5.75 Å². The first-order chi connectivity index (χ1) is 10.2. The average Bonchev–Trinajstić information content (AvgIpc) is 2.64. The topological polar surface area (TPSA) is 67.9 Å². The highest BCUT2D eigenvalue weighted by Crippen LogP contribution is 2.24. The molecule has 6 nitrogen and oxygen atoms in total. The van der Waals surface area contributed by atoms with Crippen LogP contribution in [-0.2, 0) is 16.1 Å². The second kappa shape index (κ2) is 7.08. The van der Waals surface area contributed by atoms with Crippen molar-refractivity contribution in [3.05, 3.63) is 29.3 Å². The molecular weight excluding hydrogens is 272 g/mol. The van der Waals surface area contributed by atoms with Crippen molar-refractivity contribution < 1.29 is 19.1 Å². The molecule has 0 atom stereocenters. The van der Waals surface area contributed by atoms with Crippen LogP contribution in [0.4, 0.5) is 0 Å². The molecule has 1 aliphatic heterocycles. The molecule has 0 unspecified atom stereocenters. The Morgan fingerprint density at radius 3 is 3.00 bits per heavy atom. The normalized spacial score (nSPS) is 14.2. The first-order valence-electron chi connectivity index (χ1n) is 6.96. The molecular formula is C15H20N2O4. The van der Waals surface area contributed by atoms with E-state index in [0.717, 1.165) is 5.56 Å². The van der Waals surface area contributed by atoms with E-state index in [1.165, 1.54) is 0 Å². The maximum absolute atomic E-state index is 12.0. The predicted molar refractivity (Wildman–Crippen MR) is 77.2 cm³/mol. The van der Waals surface area contributed by atoms with Gasteiger partial charge in [-0.2, -0.15) is 0 Å². The van der Waals surface area contributed by atoms with E-state index in [1.807, 2.05) is 6.92 Å². The van der Waals surface area contributed by atoms with Gasteiger partial charge in [-0.25, -0.2) is 0 Å². The number of hydrogen-bond acceptors (Lipinski definition) is 4. The zero-order valence-corrected chi connectivity index (χ0v) is 12.3. The smallest absolute Gasteiger partial charge is 0.260 e. The monoisotopic (exact) mass is 292 g/mol. The quantitative estimate of drug-likeness (QED) is 0.872. The number of ether oxygens (including phenoxy) is 2. The summed E-state index contributed by atoms with van der Waals surface area (Å²) >= 11 is 0. The lowest BCUT2D eigenvalue weighted by Gasteiger charge is -2.19. The lowest BCUT2D eigenvalue weighted by atomic mass is 10.1. The molecule has 0 aromatic heterocycles. The second-order valence-electron chi connectivity index (χ2n) is 4.78. The van der Waals surface area contributed by atoms with Crippen LogP contribution in [0, 0.1) is 0 Å². The first kappa shape index (κ1) is 15.3. The van der Waals surface area contributed by atoms with Crippen LogP contribution >= 0.6 is 0 Å². The van der Waals surface area contributed by atoms with Crippen molar-refractivity contribution in [3.63, 3.8) is 0 Å². The third-order valence-corrected chi connectivity index (χ3v) is 3.29. The van der Waals surface area contributed by atoms with Crippen LogP contribution in [0.2, 0.25) is 0 Å². The Balaban J connectivity index is 2.21. The Morgan fingerprint density at radius 1 is 1.48 bits per heavy atom. The Hall–Kier alpha value is -2.08. The summed E-state index contributed by atoms with van der Waals surface area (Å²) in [5.41, 5.74) is 1.40. The third-order valence-electron chi connectivity index (χ3n) is 3.29. The van der Waals surface area contributed by atoms with Crippen LogP contribution in [0.3, 0.4) is 0 Å². The molecule has 2 amide bonds. The highest BCUT2D eigenvalue weighted by Gasteiger charge is 2.22. The van der Waals surface area contributed by atoms with Gasteiger partial charge >= 0.3 is 0 Å². The fourth-order valence-electron chi connectivity index (χ4n) is 2.18. The molecule has 0 radical (unpaired) electrons. The molecule has 0 spiro atoms. The van der Waals surface area contributed by atoms with Crippen molar-refractivity contribution >= 4 is 11.8 Å². The number of nitrogens with one attached hydrogen (secondary N) is 1. The maximum Gasteiger partial charge on any atom is 0.260 e. The maximum atomic E-state index is 12.0. The Labute approximate surface area is 124 Å². The molecule has 0 aliphatic carbocycles. The van der Waals surface area contributed by atoms with Gasteiger partial charge in [0.15, 0.2) is 6.61 Å². The Bertz CT molecular complexity index is 530. The van der Waals surface area contributed by atoms with Gasteiger partial charge in [0.05, 0.1) is 6.61 Å². The van der Waals surface area contributed by atoms with Crippen molar-refractivity contribution in [2.75, 3.05) is 33.4 Å². The molecule has 0 bridgehead atoms. The van der Waals surface area contributed by atoms with Crippen LogP contribution in [-0.4, -0.2) is 50.1 Å². The van der Waals surface area contributed by atoms with E-state index in [4.69, 9.17) is 9.47 Å². The summed E-state index contributed by atoms with van der Waals surface area (Å²) in [6.07, 6.45) is 0. The molecule has 2 rings (SSSR count). The van der Waals surface area contributed by atoms with E-state index in [-0.39, 0.29) is 18.4 Å². The van der Waals surface area contributed by atoms with E-state index >= 15 is 0 Å². The second-order valence-corrected chi connectivity index (χ2v) is 4.78. The number of hydrogen-bond donors (Lipinski definition) is 1. The van der Waals surface area contributed by atoms with Crippen LogP contribution in [0.5, 0.6) is 5.75 Å². The number of nitrogens with zero attached hydrogens (tertiary/aromatic N) is 1. The van der Waals surface area contributed by atoms with Crippen LogP contribution in [0.15, 0.2) is 18.2 Å². The van der Waals surface area contributed by atoms with E-state index in [2.05, 4.69) is 5.32 Å². The summed E-state index contributed by atoms with van der Waals surface area (Å²) in [5.74, 6) is 0.443. The number of amides is 2. The fraction of sp³-hybridized carbons (Fsp3) is 0.467. The van der Waals surface area contributed by atoms with Crippen LogP contribution in [0.1, 0.15) is 22.8 Å². The number of methoxy groups -OCH3 is 1. The minimum Gasteiger partial charge on any atom is -0.483 e. The lowest BCUT2D eigenvalue weighted by Crippen LogP contribution is -2.34. The highest BCUT2D eigenvalue weighted by atomic mass is 16.5. The Kier molecular flexibility index (Phi) is 5.16.